The van der Waals surface area contributed by atoms with Crippen LogP contribution in [0.4, 0.5) is 5.69 Å². The summed E-state index contributed by atoms with van der Waals surface area (Å²) < 4.78 is 11.0. The molecule has 196 valence electrons. The number of benzene rings is 3. The third-order valence-corrected chi connectivity index (χ3v) is 6.41. The molecule has 1 heterocycles. The van der Waals surface area contributed by atoms with Gasteiger partial charge in [-0.25, -0.2) is 0 Å². The molecule has 1 atom stereocenters. The van der Waals surface area contributed by atoms with Crippen molar-refractivity contribution in [3.8, 4) is 5.75 Å². The number of amides is 1. The second-order valence-electron chi connectivity index (χ2n) is 8.94. The van der Waals surface area contributed by atoms with Crippen LogP contribution in [0.5, 0.6) is 5.75 Å². The average molecular weight is 517 g/mol. The second-order valence-corrected chi connectivity index (χ2v) is 8.94. The maximum absolute atomic E-state index is 13.2. The fourth-order valence-corrected chi connectivity index (χ4v) is 4.49. The zero-order valence-corrected chi connectivity index (χ0v) is 21.1. The normalized spacial score (nSPS) is 16.6. The summed E-state index contributed by atoms with van der Waals surface area (Å²) in [6.45, 7) is 2.74. The molecule has 1 N–H and O–H groups in total. The lowest BCUT2D eigenvalue weighted by Gasteiger charge is -2.25. The first-order chi connectivity index (χ1) is 18.3. The van der Waals surface area contributed by atoms with Gasteiger partial charge in [-0.15, -0.1) is 0 Å². The van der Waals surface area contributed by atoms with Crippen molar-refractivity contribution in [1.29, 1.82) is 0 Å². The summed E-state index contributed by atoms with van der Waals surface area (Å²) in [5, 5.41) is 22.5. The predicted molar refractivity (Wildman–Crippen MR) is 141 cm³/mol. The van der Waals surface area contributed by atoms with Crippen molar-refractivity contribution in [2.75, 3.05) is 20.3 Å². The fraction of sp³-hybridized carbons (Fsp3) is 0.241. The number of methoxy groups -OCH3 is 1. The molecule has 1 amide bonds. The molecular weight excluding hydrogens is 488 g/mol. The third-order valence-electron chi connectivity index (χ3n) is 6.41. The number of nitro benzene ring substituents is 1. The molecule has 0 spiro atoms. The summed E-state index contributed by atoms with van der Waals surface area (Å²) in [5.74, 6) is -1.28. The maximum Gasteiger partial charge on any atom is 0.295 e. The van der Waals surface area contributed by atoms with E-state index < -0.39 is 22.7 Å². The van der Waals surface area contributed by atoms with Crippen molar-refractivity contribution in [2.24, 2.45) is 0 Å². The van der Waals surface area contributed by atoms with E-state index in [4.69, 9.17) is 9.47 Å². The Morgan fingerprint density at radius 1 is 1.05 bits per heavy atom. The van der Waals surface area contributed by atoms with Crippen LogP contribution in [0, 0.1) is 17.0 Å². The Balaban J connectivity index is 1.70. The first-order valence-electron chi connectivity index (χ1n) is 12.1. The SMILES string of the molecule is COCCCN1C(=O)C(=O)/C(=C(/O)c2ccc(OCc3ccccc3)cc2C)C1c1ccc([N+](=O)[O-])cc1. The lowest BCUT2D eigenvalue weighted by atomic mass is 9.93. The van der Waals surface area contributed by atoms with E-state index in [2.05, 4.69) is 0 Å². The van der Waals surface area contributed by atoms with E-state index in [9.17, 15) is 24.8 Å². The van der Waals surface area contributed by atoms with Crippen LogP contribution in [0.1, 0.15) is 34.7 Å². The standard InChI is InChI=1S/C29H28N2O7/c1-19-17-23(38-18-20-7-4-3-5-8-20)13-14-24(19)27(32)25-26(21-9-11-22(12-10-21)31(35)36)30(15-6-16-37-2)29(34)28(25)33/h3-5,7-14,17,26,32H,6,15-16,18H2,1-2H3/b27-25+. The fourth-order valence-electron chi connectivity index (χ4n) is 4.49. The first-order valence-corrected chi connectivity index (χ1v) is 12.1. The molecule has 3 aromatic carbocycles. The van der Waals surface area contributed by atoms with Gasteiger partial charge >= 0.3 is 0 Å². The molecule has 4 rings (SSSR count). The molecule has 1 saturated heterocycles. The van der Waals surface area contributed by atoms with Crippen LogP contribution in [0.25, 0.3) is 5.76 Å². The monoisotopic (exact) mass is 516 g/mol. The van der Waals surface area contributed by atoms with Crippen LogP contribution in [0.15, 0.2) is 78.4 Å². The van der Waals surface area contributed by atoms with E-state index >= 15 is 0 Å². The summed E-state index contributed by atoms with van der Waals surface area (Å²) >= 11 is 0. The molecule has 0 saturated carbocycles. The highest BCUT2D eigenvalue weighted by atomic mass is 16.6. The van der Waals surface area contributed by atoms with Crippen LogP contribution in [-0.4, -0.2) is 46.9 Å². The minimum atomic E-state index is -0.902. The Bertz CT molecular complexity index is 1370. The number of nitrogens with zero attached hydrogens (tertiary/aromatic N) is 2. The molecule has 0 aromatic heterocycles. The number of ketones is 1. The smallest absolute Gasteiger partial charge is 0.295 e. The number of ether oxygens (including phenoxy) is 2. The van der Waals surface area contributed by atoms with Crippen LogP contribution >= 0.6 is 0 Å². The van der Waals surface area contributed by atoms with Crippen LogP contribution in [-0.2, 0) is 20.9 Å². The van der Waals surface area contributed by atoms with E-state index in [1.54, 1.807) is 25.1 Å². The van der Waals surface area contributed by atoms with Crippen molar-refractivity contribution in [1.82, 2.24) is 4.90 Å². The van der Waals surface area contributed by atoms with Gasteiger partial charge in [-0.3, -0.25) is 19.7 Å². The number of likely N-dealkylation sites (tertiary alicyclic amines) is 1. The van der Waals surface area contributed by atoms with Gasteiger partial charge in [0.25, 0.3) is 17.4 Å². The van der Waals surface area contributed by atoms with Crippen molar-refractivity contribution >= 4 is 23.1 Å². The summed E-state index contributed by atoms with van der Waals surface area (Å²) in [5.41, 5.74) is 2.34. The Hall–Kier alpha value is -4.50. The van der Waals surface area contributed by atoms with Crippen LogP contribution in [0.3, 0.4) is 0 Å². The Morgan fingerprint density at radius 2 is 1.76 bits per heavy atom. The molecule has 0 aliphatic carbocycles. The third kappa shape index (κ3) is 5.57. The molecule has 9 heteroatoms. The summed E-state index contributed by atoms with van der Waals surface area (Å²) in [6.07, 6.45) is 0.472. The minimum absolute atomic E-state index is 0.0673. The van der Waals surface area contributed by atoms with Gasteiger partial charge in [0.2, 0.25) is 0 Å². The van der Waals surface area contributed by atoms with Crippen molar-refractivity contribution in [2.45, 2.75) is 26.0 Å². The Morgan fingerprint density at radius 3 is 2.39 bits per heavy atom. The predicted octanol–water partition coefficient (Wildman–Crippen LogP) is 4.94. The number of aliphatic hydroxyl groups is 1. The quantitative estimate of drug-likeness (QED) is 0.101. The van der Waals surface area contributed by atoms with Crippen molar-refractivity contribution in [3.05, 3.63) is 111 Å². The molecule has 3 aromatic rings. The zero-order valence-electron chi connectivity index (χ0n) is 21.1. The lowest BCUT2D eigenvalue weighted by Crippen LogP contribution is -2.31. The molecule has 1 aliphatic heterocycles. The molecule has 9 nitrogen and oxygen atoms in total. The molecule has 0 radical (unpaired) electrons. The Kier molecular flexibility index (Phi) is 8.18. The van der Waals surface area contributed by atoms with E-state index in [-0.39, 0.29) is 23.6 Å². The highest BCUT2D eigenvalue weighted by molar-refractivity contribution is 6.46. The van der Waals surface area contributed by atoms with E-state index in [1.165, 1.54) is 36.3 Å². The molecular formula is C29H28N2O7. The summed E-state index contributed by atoms with van der Waals surface area (Å²) in [7, 11) is 1.54. The number of carbonyl (C=O) groups excluding carboxylic acids is 2. The van der Waals surface area contributed by atoms with Gasteiger partial charge in [0, 0.05) is 38.0 Å². The van der Waals surface area contributed by atoms with Gasteiger partial charge < -0.3 is 19.5 Å². The summed E-state index contributed by atoms with van der Waals surface area (Å²) in [4.78, 5) is 38.2. The van der Waals surface area contributed by atoms with E-state index in [0.717, 1.165) is 5.56 Å². The number of nitro groups is 1. The molecule has 38 heavy (non-hydrogen) atoms. The number of carbonyl (C=O) groups is 2. The number of aryl methyl sites for hydroxylation is 1. The number of aliphatic hydroxyl groups excluding tert-OH is 1. The molecule has 0 bridgehead atoms. The number of Topliss-reactive ketones (excluding diaryl/α,β-unsaturated/α-hetero) is 1. The van der Waals surface area contributed by atoms with Gasteiger partial charge in [0.05, 0.1) is 16.5 Å². The number of rotatable bonds is 10. The van der Waals surface area contributed by atoms with Crippen LogP contribution < -0.4 is 4.74 Å². The first kappa shape index (κ1) is 26.6. The highest BCUT2D eigenvalue weighted by Gasteiger charge is 2.46. The molecule has 1 fully saturated rings. The van der Waals surface area contributed by atoms with Gasteiger partial charge in [0.1, 0.15) is 18.1 Å². The van der Waals surface area contributed by atoms with Gasteiger partial charge in [-0.1, -0.05) is 30.3 Å². The maximum atomic E-state index is 13.2. The summed E-state index contributed by atoms with van der Waals surface area (Å²) in [6, 6.07) is 19.5. The topological polar surface area (TPSA) is 119 Å². The van der Waals surface area contributed by atoms with Gasteiger partial charge in [-0.2, -0.15) is 0 Å². The minimum Gasteiger partial charge on any atom is -0.507 e. The number of hydrogen-bond acceptors (Lipinski definition) is 7. The van der Waals surface area contributed by atoms with Crippen molar-refractivity contribution < 1.29 is 29.1 Å². The lowest BCUT2D eigenvalue weighted by molar-refractivity contribution is -0.384. The van der Waals surface area contributed by atoms with Crippen LogP contribution in [0.2, 0.25) is 0 Å². The number of hydrogen-bond donors (Lipinski definition) is 1. The largest absolute Gasteiger partial charge is 0.507 e. The average Bonchev–Trinajstić information content (AvgIpc) is 3.17. The second kappa shape index (κ2) is 11.7. The van der Waals surface area contributed by atoms with E-state index in [0.29, 0.717) is 42.1 Å². The number of non-ortho nitro benzene ring substituents is 1. The highest BCUT2D eigenvalue weighted by Crippen LogP contribution is 2.40. The van der Waals surface area contributed by atoms with Gasteiger partial charge in [0.15, 0.2) is 0 Å². The van der Waals surface area contributed by atoms with E-state index in [1.807, 2.05) is 30.3 Å². The molecule has 1 unspecified atom stereocenters. The van der Waals surface area contributed by atoms with Crippen molar-refractivity contribution in [3.63, 3.8) is 0 Å². The Labute approximate surface area is 220 Å². The van der Waals surface area contributed by atoms with Gasteiger partial charge in [-0.05, 0) is 60.4 Å². The molecule has 1 aliphatic rings. The zero-order chi connectivity index (χ0) is 27.2.